The highest BCUT2D eigenvalue weighted by Gasteiger charge is 2.37. The molecule has 1 N–H and O–H groups in total. The van der Waals surface area contributed by atoms with Crippen LogP contribution in [-0.4, -0.2) is 18.2 Å². The number of allylic oxidation sites excluding steroid dienone is 2. The number of anilines is 1. The molecule has 41 heavy (non-hydrogen) atoms. The average molecular weight is 611 g/mol. The predicted molar refractivity (Wildman–Crippen MR) is 165 cm³/mol. The fraction of sp³-hybridized carbons (Fsp3) is 0.182. The second-order valence-electron chi connectivity index (χ2n) is 10.2. The Balaban J connectivity index is 1.15. The number of para-hydroxylation sites is 1. The summed E-state index contributed by atoms with van der Waals surface area (Å²) in [7, 11) is 1.59. The number of nitrogens with zero attached hydrogens (tertiary/aromatic N) is 2. The van der Waals surface area contributed by atoms with Crippen molar-refractivity contribution in [2.75, 3.05) is 12.4 Å². The fourth-order valence-electron chi connectivity index (χ4n) is 5.61. The number of rotatable bonds is 8. The van der Waals surface area contributed by atoms with E-state index in [0.29, 0.717) is 23.3 Å². The minimum atomic E-state index is -0.422. The number of nitro groups is 1. The van der Waals surface area contributed by atoms with Crippen molar-refractivity contribution in [3.8, 4) is 11.5 Å². The average Bonchev–Trinajstić information content (AvgIpc) is 3.50. The molecule has 8 heteroatoms. The Labute approximate surface area is 246 Å². The molecule has 4 aromatic carbocycles. The van der Waals surface area contributed by atoms with Gasteiger partial charge < -0.3 is 14.8 Å². The van der Waals surface area contributed by atoms with E-state index in [9.17, 15) is 10.1 Å². The zero-order valence-corrected chi connectivity index (χ0v) is 24.0. The predicted octanol–water partition coefficient (Wildman–Crippen LogP) is 8.52. The van der Waals surface area contributed by atoms with Crippen LogP contribution in [-0.2, 0) is 6.61 Å². The van der Waals surface area contributed by atoms with Gasteiger partial charge in [0.25, 0.3) is 5.69 Å². The van der Waals surface area contributed by atoms with E-state index in [2.05, 4.69) is 81.9 Å². The van der Waals surface area contributed by atoms with Gasteiger partial charge in [-0.05, 0) is 93.0 Å². The second kappa shape index (κ2) is 11.6. The summed E-state index contributed by atoms with van der Waals surface area (Å²) in [6.07, 6.45) is 7.53. The highest BCUT2D eigenvalue weighted by atomic mass is 79.9. The number of non-ortho nitro benzene ring substituents is 1. The van der Waals surface area contributed by atoms with Crippen LogP contribution in [0.1, 0.15) is 40.6 Å². The molecule has 0 amide bonds. The van der Waals surface area contributed by atoms with Gasteiger partial charge in [-0.25, -0.2) is 0 Å². The number of nitrogens with one attached hydrogen (secondary N) is 1. The molecule has 1 aliphatic carbocycles. The van der Waals surface area contributed by atoms with Crippen LogP contribution in [0.2, 0.25) is 0 Å². The van der Waals surface area contributed by atoms with Crippen molar-refractivity contribution in [3.63, 3.8) is 0 Å². The van der Waals surface area contributed by atoms with E-state index in [1.807, 2.05) is 12.1 Å². The number of hydrogen-bond donors (Lipinski definition) is 1. The molecule has 0 saturated heterocycles. The van der Waals surface area contributed by atoms with E-state index in [1.165, 1.54) is 28.9 Å². The summed E-state index contributed by atoms with van der Waals surface area (Å²) in [5, 5.41) is 14.7. The van der Waals surface area contributed by atoms with Crippen molar-refractivity contribution >= 4 is 39.2 Å². The van der Waals surface area contributed by atoms with E-state index >= 15 is 0 Å². The third-order valence-electron chi connectivity index (χ3n) is 7.67. The van der Waals surface area contributed by atoms with Crippen LogP contribution in [0.5, 0.6) is 11.5 Å². The van der Waals surface area contributed by atoms with E-state index in [-0.39, 0.29) is 18.3 Å². The van der Waals surface area contributed by atoms with Crippen LogP contribution < -0.4 is 14.8 Å². The van der Waals surface area contributed by atoms with Crippen LogP contribution >= 0.6 is 15.9 Å². The minimum Gasteiger partial charge on any atom is -0.493 e. The first kappa shape index (κ1) is 26.8. The Morgan fingerprint density at radius 3 is 2.61 bits per heavy atom. The Bertz CT molecular complexity index is 1630. The van der Waals surface area contributed by atoms with Gasteiger partial charge in [0.05, 0.1) is 28.2 Å². The first-order chi connectivity index (χ1) is 20.0. The van der Waals surface area contributed by atoms with Gasteiger partial charge in [-0.2, -0.15) is 0 Å². The van der Waals surface area contributed by atoms with Crippen LogP contribution in [0.15, 0.2) is 107 Å². The molecule has 3 atom stereocenters. The van der Waals surface area contributed by atoms with Crippen LogP contribution in [0.25, 0.3) is 0 Å². The molecule has 0 fully saturated rings. The Hall–Kier alpha value is -4.43. The van der Waals surface area contributed by atoms with Crippen molar-refractivity contribution in [1.82, 2.24) is 0 Å². The Morgan fingerprint density at radius 2 is 1.85 bits per heavy atom. The molecule has 1 aliphatic heterocycles. The maximum Gasteiger partial charge on any atom is 0.269 e. The summed E-state index contributed by atoms with van der Waals surface area (Å²) in [6, 6.07) is 27.4. The van der Waals surface area contributed by atoms with Crippen molar-refractivity contribution in [3.05, 3.63) is 134 Å². The van der Waals surface area contributed by atoms with Gasteiger partial charge in [0.15, 0.2) is 11.5 Å². The lowest BCUT2D eigenvalue weighted by molar-refractivity contribution is -0.384. The van der Waals surface area contributed by atoms with E-state index in [1.54, 1.807) is 25.5 Å². The fourth-order valence-corrected chi connectivity index (χ4v) is 6.19. The number of ether oxygens (including phenoxy) is 2. The Kier molecular flexibility index (Phi) is 7.57. The molecular formula is C33H28BrN3O4. The van der Waals surface area contributed by atoms with Crippen molar-refractivity contribution in [2.24, 2.45) is 10.9 Å². The van der Waals surface area contributed by atoms with E-state index < -0.39 is 4.92 Å². The normalized spacial score (nSPS) is 18.9. The number of nitro benzene ring substituents is 1. The molecule has 0 bridgehead atoms. The Morgan fingerprint density at radius 1 is 1.07 bits per heavy atom. The van der Waals surface area contributed by atoms with Gasteiger partial charge in [0, 0.05) is 30.0 Å². The standard InChI is InChI=1S/C33H28BrN3O4/c1-40-31-18-22(17-29(34)33(31)41-20-21-9-15-25(16-10-21)37(38)39)19-35-24-13-11-23(12-14-24)32-28-7-4-6-26(28)27-5-2-3-8-30(27)36-32/h2-6,8-19,26,28,32,36H,7,20H2,1H3/t26-,28+,32+/m1/s1. The molecule has 6 rings (SSSR count). The third-order valence-corrected chi connectivity index (χ3v) is 8.26. The maximum atomic E-state index is 10.9. The highest BCUT2D eigenvalue weighted by Crippen LogP contribution is 2.49. The molecule has 2 aliphatic rings. The number of benzene rings is 4. The smallest absolute Gasteiger partial charge is 0.269 e. The number of hydrogen-bond acceptors (Lipinski definition) is 6. The summed E-state index contributed by atoms with van der Waals surface area (Å²) in [4.78, 5) is 15.2. The molecule has 206 valence electrons. The number of methoxy groups -OCH3 is 1. The van der Waals surface area contributed by atoms with Crippen molar-refractivity contribution in [1.29, 1.82) is 0 Å². The van der Waals surface area contributed by atoms with Crippen LogP contribution in [0.4, 0.5) is 17.1 Å². The molecule has 0 spiro atoms. The molecule has 0 radical (unpaired) electrons. The molecule has 4 aromatic rings. The molecule has 7 nitrogen and oxygen atoms in total. The van der Waals surface area contributed by atoms with Gasteiger partial charge in [-0.15, -0.1) is 0 Å². The number of halogens is 1. The van der Waals surface area contributed by atoms with Gasteiger partial charge in [0.1, 0.15) is 6.61 Å². The molecule has 0 unspecified atom stereocenters. The molecular weight excluding hydrogens is 582 g/mol. The summed E-state index contributed by atoms with van der Waals surface area (Å²) < 4.78 is 12.3. The van der Waals surface area contributed by atoms with E-state index in [0.717, 1.165) is 27.7 Å². The minimum absolute atomic E-state index is 0.0435. The van der Waals surface area contributed by atoms with Crippen molar-refractivity contribution < 1.29 is 14.4 Å². The third kappa shape index (κ3) is 5.60. The van der Waals surface area contributed by atoms with Gasteiger partial charge in [-0.1, -0.05) is 42.5 Å². The zero-order valence-electron chi connectivity index (χ0n) is 22.4. The van der Waals surface area contributed by atoms with Gasteiger partial charge in [0.2, 0.25) is 0 Å². The summed E-state index contributed by atoms with van der Waals surface area (Å²) in [6.45, 7) is 0.242. The van der Waals surface area contributed by atoms with E-state index in [4.69, 9.17) is 14.5 Å². The zero-order chi connectivity index (χ0) is 28.3. The topological polar surface area (TPSA) is 86.0 Å². The van der Waals surface area contributed by atoms with Gasteiger partial charge in [-0.3, -0.25) is 15.1 Å². The molecule has 0 saturated carbocycles. The lowest BCUT2D eigenvalue weighted by Gasteiger charge is -2.37. The lowest BCUT2D eigenvalue weighted by Crippen LogP contribution is -2.28. The first-order valence-corrected chi connectivity index (χ1v) is 14.2. The van der Waals surface area contributed by atoms with Gasteiger partial charge >= 0.3 is 0 Å². The summed E-state index contributed by atoms with van der Waals surface area (Å²) in [5.74, 6) is 2.06. The monoisotopic (exact) mass is 609 g/mol. The van der Waals surface area contributed by atoms with Crippen LogP contribution in [0, 0.1) is 16.0 Å². The summed E-state index contributed by atoms with van der Waals surface area (Å²) in [5.41, 5.74) is 6.43. The second-order valence-corrected chi connectivity index (χ2v) is 11.0. The molecule has 0 aromatic heterocycles. The van der Waals surface area contributed by atoms with Crippen LogP contribution in [0.3, 0.4) is 0 Å². The van der Waals surface area contributed by atoms with Crippen molar-refractivity contribution in [2.45, 2.75) is 25.0 Å². The largest absolute Gasteiger partial charge is 0.493 e. The summed E-state index contributed by atoms with van der Waals surface area (Å²) >= 11 is 3.59. The molecule has 1 heterocycles. The maximum absolute atomic E-state index is 10.9. The SMILES string of the molecule is COc1cc(C=Nc2ccc([C@@H]3Nc4ccccc4[C@H]4C=CC[C@@H]43)cc2)cc(Br)c1OCc1ccc([N+](=O)[O-])cc1. The lowest BCUT2D eigenvalue weighted by atomic mass is 9.77. The number of aliphatic imine (C=N–C) groups is 1. The number of fused-ring (bicyclic) bond motifs is 3. The first-order valence-electron chi connectivity index (χ1n) is 13.4. The quantitative estimate of drug-likeness (QED) is 0.0936. The highest BCUT2D eigenvalue weighted by molar-refractivity contribution is 9.10.